The molecule has 0 amide bonds. The first-order chi connectivity index (χ1) is 5.41. The molecule has 0 rings (SSSR count). The molecule has 0 aliphatic rings. The van der Waals surface area contributed by atoms with E-state index < -0.39 is 13.3 Å². The lowest BCUT2D eigenvalue weighted by molar-refractivity contribution is 0.404. The number of ether oxygens (including phenoxy) is 1. The summed E-state index contributed by atoms with van der Waals surface area (Å²) >= 11 is 0. The summed E-state index contributed by atoms with van der Waals surface area (Å²) < 4.78 is 27.3. The average molecular weight is 158 g/mol. The quantitative estimate of drug-likeness (QED) is 0.450. The summed E-state index contributed by atoms with van der Waals surface area (Å²) in [6.45, 7) is -1.16. The van der Waals surface area contributed by atoms with Gasteiger partial charge in [0.25, 0.3) is 0 Å². The highest BCUT2D eigenvalue weighted by molar-refractivity contribution is 4.83. The fourth-order valence-electron chi connectivity index (χ4n) is 0.298. The Morgan fingerprint density at radius 3 is 1.82 bits per heavy atom. The van der Waals surface area contributed by atoms with E-state index in [1.54, 1.807) is 0 Å². The third kappa shape index (κ3) is 8.70. The van der Waals surface area contributed by atoms with Crippen molar-refractivity contribution in [3.05, 3.63) is 36.1 Å². The van der Waals surface area contributed by atoms with Gasteiger partial charge in [0, 0.05) is 0 Å². The molecule has 0 aromatic rings. The maximum atomic E-state index is 11.3. The summed E-state index contributed by atoms with van der Waals surface area (Å²) in [5.41, 5.74) is 4.77. The van der Waals surface area contributed by atoms with Crippen molar-refractivity contribution in [2.24, 2.45) is 0 Å². The van der Waals surface area contributed by atoms with Crippen LogP contribution in [0.2, 0.25) is 0 Å². The van der Waals surface area contributed by atoms with E-state index in [0.29, 0.717) is 0 Å². The van der Waals surface area contributed by atoms with Crippen LogP contribution in [-0.2, 0) is 4.74 Å². The zero-order chi connectivity index (χ0) is 8.36. The molecule has 0 atom stereocenters. The van der Waals surface area contributed by atoms with Gasteiger partial charge in [-0.1, -0.05) is 11.5 Å². The minimum atomic E-state index is -0.579. The maximum absolute atomic E-state index is 11.3. The minimum absolute atomic E-state index is 0.579. The van der Waals surface area contributed by atoms with Crippen LogP contribution in [0.25, 0.3) is 0 Å². The van der Waals surface area contributed by atoms with E-state index in [1.807, 2.05) is 0 Å². The van der Waals surface area contributed by atoms with Gasteiger partial charge in [-0.15, -0.1) is 0 Å². The van der Waals surface area contributed by atoms with Crippen LogP contribution in [0.4, 0.5) is 8.78 Å². The third-order valence-corrected chi connectivity index (χ3v) is 0.662. The fourth-order valence-corrected chi connectivity index (χ4v) is 0.298. The van der Waals surface area contributed by atoms with Crippen LogP contribution in [0.15, 0.2) is 36.1 Å². The molecule has 0 aromatic heterocycles. The molecule has 0 radical (unpaired) electrons. The Morgan fingerprint density at radius 1 is 1.00 bits per heavy atom. The maximum Gasteiger partial charge on any atom is 0.133 e. The first-order valence-electron chi connectivity index (χ1n) is 2.98. The van der Waals surface area contributed by atoms with Crippen molar-refractivity contribution in [1.29, 1.82) is 0 Å². The molecule has 0 aliphatic carbocycles. The van der Waals surface area contributed by atoms with Gasteiger partial charge in [-0.25, -0.2) is 8.78 Å². The van der Waals surface area contributed by atoms with Gasteiger partial charge in [0.05, 0.1) is 0 Å². The second-order valence-corrected chi connectivity index (χ2v) is 1.42. The van der Waals surface area contributed by atoms with Gasteiger partial charge in [0.15, 0.2) is 0 Å². The van der Waals surface area contributed by atoms with E-state index in [2.05, 4.69) is 16.2 Å². The molecule has 0 aromatic carbocycles. The number of hydrogen-bond donors (Lipinski definition) is 0. The lowest BCUT2D eigenvalue weighted by atomic mass is 10.6. The Balaban J connectivity index is 3.56. The summed E-state index contributed by atoms with van der Waals surface area (Å²) in [6, 6.07) is 0. The monoisotopic (exact) mass is 158 g/mol. The van der Waals surface area contributed by atoms with E-state index >= 15 is 0 Å². The van der Waals surface area contributed by atoms with Crippen molar-refractivity contribution < 1.29 is 13.5 Å². The lowest BCUT2D eigenvalue weighted by Crippen LogP contribution is -1.62. The van der Waals surface area contributed by atoms with Crippen molar-refractivity contribution in [3.8, 4) is 0 Å². The number of rotatable bonds is 4. The summed E-state index contributed by atoms with van der Waals surface area (Å²) in [5, 5.41) is 0. The molecule has 0 aliphatic heterocycles. The molecule has 0 saturated heterocycles. The fraction of sp³-hybridized carbons (Fsp3) is 0.250. The number of alkyl halides is 2. The summed E-state index contributed by atoms with van der Waals surface area (Å²) in [7, 11) is 0. The van der Waals surface area contributed by atoms with Crippen molar-refractivity contribution in [2.75, 3.05) is 13.3 Å². The molecule has 0 fully saturated rings. The molecule has 0 saturated carbocycles. The molecule has 3 heteroatoms. The molecular weight excluding hydrogens is 150 g/mol. The first kappa shape index (κ1) is 9.70. The van der Waals surface area contributed by atoms with Crippen LogP contribution in [0.5, 0.6) is 0 Å². The van der Waals surface area contributed by atoms with Crippen LogP contribution in [-0.4, -0.2) is 13.3 Å². The lowest BCUT2D eigenvalue weighted by Gasteiger charge is -1.79. The number of allylic oxidation sites excluding steroid dienone is 2. The van der Waals surface area contributed by atoms with Gasteiger partial charge in [0.1, 0.15) is 25.9 Å². The SMILES string of the molecule is FCC=C=COC=C=CCF. The predicted octanol–water partition coefficient (Wildman–Crippen LogP) is 2.28. The van der Waals surface area contributed by atoms with Crippen LogP contribution in [0, 0.1) is 0 Å². The highest BCUT2D eigenvalue weighted by Gasteiger charge is 1.64. The third-order valence-electron chi connectivity index (χ3n) is 0.662. The molecule has 0 unspecified atom stereocenters. The average Bonchev–Trinajstić information content (AvgIpc) is 2.03. The van der Waals surface area contributed by atoms with Crippen LogP contribution < -0.4 is 0 Å². The minimum Gasteiger partial charge on any atom is -0.456 e. The summed E-state index contributed by atoms with van der Waals surface area (Å²) in [6.07, 6.45) is 4.62. The highest BCUT2D eigenvalue weighted by Crippen LogP contribution is 1.77. The van der Waals surface area contributed by atoms with Crippen LogP contribution in [0.3, 0.4) is 0 Å². The number of halogens is 2. The molecule has 60 valence electrons. The smallest absolute Gasteiger partial charge is 0.133 e. The molecular formula is C8H8F2O. The van der Waals surface area contributed by atoms with E-state index in [1.165, 1.54) is 0 Å². The molecule has 0 spiro atoms. The Bertz CT molecular complexity index is 174. The normalized spacial score (nSPS) is 7.09. The van der Waals surface area contributed by atoms with Crippen LogP contribution in [0.1, 0.15) is 0 Å². The van der Waals surface area contributed by atoms with Crippen molar-refractivity contribution in [1.82, 2.24) is 0 Å². The molecule has 11 heavy (non-hydrogen) atoms. The molecule has 1 nitrogen and oxygen atoms in total. The van der Waals surface area contributed by atoms with E-state index in [-0.39, 0.29) is 0 Å². The largest absolute Gasteiger partial charge is 0.456 e. The summed E-state index contributed by atoms with van der Waals surface area (Å²) in [4.78, 5) is 0. The highest BCUT2D eigenvalue weighted by atomic mass is 19.1. The van der Waals surface area contributed by atoms with Gasteiger partial charge in [-0.3, -0.25) is 0 Å². The van der Waals surface area contributed by atoms with Gasteiger partial charge in [-0.05, 0) is 12.2 Å². The molecule has 0 N–H and O–H groups in total. The Hall–Kier alpha value is -1.30. The zero-order valence-corrected chi connectivity index (χ0v) is 5.89. The number of hydrogen-bond acceptors (Lipinski definition) is 1. The topological polar surface area (TPSA) is 9.23 Å². The second kappa shape index (κ2) is 8.70. The molecule has 0 heterocycles. The second-order valence-electron chi connectivity index (χ2n) is 1.42. The van der Waals surface area contributed by atoms with Gasteiger partial charge in [0.2, 0.25) is 0 Å². The Labute approximate surface area is 64.0 Å². The summed E-state index contributed by atoms with van der Waals surface area (Å²) in [5.74, 6) is 0. The first-order valence-corrected chi connectivity index (χ1v) is 2.98. The van der Waals surface area contributed by atoms with Gasteiger partial charge >= 0.3 is 0 Å². The predicted molar refractivity (Wildman–Crippen MR) is 38.3 cm³/mol. The zero-order valence-electron chi connectivity index (χ0n) is 5.89. The van der Waals surface area contributed by atoms with Gasteiger partial charge < -0.3 is 4.74 Å². The van der Waals surface area contributed by atoms with Crippen molar-refractivity contribution in [2.45, 2.75) is 0 Å². The molecule has 0 bridgehead atoms. The van der Waals surface area contributed by atoms with Gasteiger partial charge in [-0.2, -0.15) is 0 Å². The standard InChI is InChI=1S/C8H8F2O/c9-5-1-3-7-11-8-4-2-6-10/h1-2,7-8H,5-6H2. The van der Waals surface area contributed by atoms with E-state index in [4.69, 9.17) is 0 Å². The Morgan fingerprint density at radius 2 is 1.45 bits per heavy atom. The van der Waals surface area contributed by atoms with Crippen molar-refractivity contribution >= 4 is 0 Å². The van der Waals surface area contributed by atoms with Crippen LogP contribution >= 0.6 is 0 Å². The van der Waals surface area contributed by atoms with E-state index in [0.717, 1.165) is 24.7 Å². The van der Waals surface area contributed by atoms with Crippen molar-refractivity contribution in [3.63, 3.8) is 0 Å². The van der Waals surface area contributed by atoms with E-state index in [9.17, 15) is 8.78 Å². The Kier molecular flexibility index (Phi) is 7.67.